The highest BCUT2D eigenvalue weighted by Gasteiger charge is 2.28. The minimum Gasteiger partial charge on any atom is -0.489 e. The predicted octanol–water partition coefficient (Wildman–Crippen LogP) is 5.59. The lowest BCUT2D eigenvalue weighted by Crippen LogP contribution is -2.12. The zero-order valence-electron chi connectivity index (χ0n) is 14.9. The van der Waals surface area contributed by atoms with E-state index in [1.165, 1.54) is 5.56 Å². The van der Waals surface area contributed by atoms with E-state index in [4.69, 9.17) is 21.1 Å². The zero-order chi connectivity index (χ0) is 18.0. The molecule has 0 spiro atoms. The minimum atomic E-state index is -0.290. The van der Waals surface area contributed by atoms with E-state index in [0.717, 1.165) is 35.3 Å². The highest BCUT2D eigenvalue weighted by Crippen LogP contribution is 2.42. The Labute approximate surface area is 153 Å². The normalized spacial score (nSPS) is 13.6. The number of halogens is 1. The Hall–Kier alpha value is -2.00. The van der Waals surface area contributed by atoms with E-state index in [-0.39, 0.29) is 5.97 Å². The Balaban J connectivity index is 1.90. The molecule has 2 aromatic carbocycles. The van der Waals surface area contributed by atoms with Crippen molar-refractivity contribution in [1.29, 1.82) is 0 Å². The van der Waals surface area contributed by atoms with Gasteiger partial charge in [-0.1, -0.05) is 29.8 Å². The van der Waals surface area contributed by atoms with Gasteiger partial charge in [-0.25, -0.2) is 4.79 Å². The van der Waals surface area contributed by atoms with Crippen LogP contribution >= 0.6 is 11.6 Å². The monoisotopic (exact) mass is 358 g/mol. The van der Waals surface area contributed by atoms with E-state index in [2.05, 4.69) is 6.07 Å². The smallest absolute Gasteiger partial charge is 0.338 e. The molecule has 0 atom stereocenters. The largest absolute Gasteiger partial charge is 0.489 e. The molecule has 1 aliphatic carbocycles. The highest BCUT2D eigenvalue weighted by atomic mass is 35.5. The molecular weight excluding hydrogens is 336 g/mol. The van der Waals surface area contributed by atoms with Gasteiger partial charge >= 0.3 is 5.97 Å². The fourth-order valence-electron chi connectivity index (χ4n) is 3.06. The van der Waals surface area contributed by atoms with Crippen LogP contribution in [-0.4, -0.2) is 12.6 Å². The summed E-state index contributed by atoms with van der Waals surface area (Å²) < 4.78 is 11.3. The lowest BCUT2D eigenvalue weighted by molar-refractivity contribution is 0.0523. The summed E-state index contributed by atoms with van der Waals surface area (Å²) >= 11 is 6.23. The summed E-state index contributed by atoms with van der Waals surface area (Å²) in [4.78, 5) is 12.3. The van der Waals surface area contributed by atoms with Crippen molar-refractivity contribution >= 4 is 17.6 Å². The van der Waals surface area contributed by atoms with E-state index in [9.17, 15) is 4.79 Å². The van der Waals surface area contributed by atoms with E-state index in [0.29, 0.717) is 29.7 Å². The van der Waals surface area contributed by atoms with Crippen molar-refractivity contribution in [2.24, 2.45) is 0 Å². The molecule has 0 unspecified atom stereocenters. The lowest BCUT2D eigenvalue weighted by Gasteiger charge is -2.16. The fourth-order valence-corrected chi connectivity index (χ4v) is 3.21. The van der Waals surface area contributed by atoms with Gasteiger partial charge in [0.05, 0.1) is 12.2 Å². The second-order valence-electron chi connectivity index (χ2n) is 6.52. The average molecular weight is 359 g/mol. The Morgan fingerprint density at radius 3 is 2.64 bits per heavy atom. The van der Waals surface area contributed by atoms with Crippen LogP contribution in [0.2, 0.25) is 5.02 Å². The van der Waals surface area contributed by atoms with Gasteiger partial charge in [-0.05, 0) is 68.4 Å². The molecule has 1 fully saturated rings. The van der Waals surface area contributed by atoms with Gasteiger partial charge in [0.2, 0.25) is 0 Å². The topological polar surface area (TPSA) is 35.5 Å². The third-order valence-corrected chi connectivity index (χ3v) is 4.96. The quantitative estimate of drug-likeness (QED) is 0.631. The molecule has 0 saturated heterocycles. The molecule has 25 heavy (non-hydrogen) atoms. The van der Waals surface area contributed by atoms with Crippen molar-refractivity contribution in [3.63, 3.8) is 0 Å². The first-order chi connectivity index (χ1) is 12.0. The third kappa shape index (κ3) is 3.98. The number of esters is 1. The van der Waals surface area contributed by atoms with Gasteiger partial charge in [-0.3, -0.25) is 0 Å². The van der Waals surface area contributed by atoms with Crippen molar-refractivity contribution in [1.82, 2.24) is 0 Å². The SMILES string of the molecule is CCOC(=O)c1cccc(C2CC2)c1COc1cc(Cl)c(C)cc1C. The van der Waals surface area contributed by atoms with Crippen LogP contribution in [0.4, 0.5) is 0 Å². The van der Waals surface area contributed by atoms with Crippen LogP contribution in [-0.2, 0) is 11.3 Å². The van der Waals surface area contributed by atoms with Crippen LogP contribution in [0.1, 0.15) is 58.3 Å². The maximum absolute atomic E-state index is 12.3. The van der Waals surface area contributed by atoms with Crippen LogP contribution in [0.25, 0.3) is 0 Å². The lowest BCUT2D eigenvalue weighted by atomic mass is 9.98. The summed E-state index contributed by atoms with van der Waals surface area (Å²) in [5.41, 5.74) is 4.78. The molecule has 4 heteroatoms. The van der Waals surface area contributed by atoms with Gasteiger partial charge in [-0.2, -0.15) is 0 Å². The van der Waals surface area contributed by atoms with E-state index < -0.39 is 0 Å². The second kappa shape index (κ2) is 7.49. The first kappa shape index (κ1) is 17.8. The van der Waals surface area contributed by atoms with Crippen molar-refractivity contribution in [3.8, 4) is 5.75 Å². The second-order valence-corrected chi connectivity index (χ2v) is 6.93. The van der Waals surface area contributed by atoms with E-state index >= 15 is 0 Å². The van der Waals surface area contributed by atoms with Crippen LogP contribution < -0.4 is 4.74 Å². The van der Waals surface area contributed by atoms with Gasteiger partial charge in [-0.15, -0.1) is 0 Å². The molecule has 1 aliphatic rings. The summed E-state index contributed by atoms with van der Waals surface area (Å²) in [6, 6.07) is 9.69. The molecule has 0 aliphatic heterocycles. The highest BCUT2D eigenvalue weighted by molar-refractivity contribution is 6.31. The fraction of sp³-hybridized carbons (Fsp3) is 0.381. The molecule has 2 aromatic rings. The number of ether oxygens (including phenoxy) is 2. The van der Waals surface area contributed by atoms with Crippen LogP contribution in [0.3, 0.4) is 0 Å². The van der Waals surface area contributed by atoms with Gasteiger partial charge in [0, 0.05) is 10.6 Å². The van der Waals surface area contributed by atoms with Crippen LogP contribution in [0, 0.1) is 13.8 Å². The number of benzene rings is 2. The zero-order valence-corrected chi connectivity index (χ0v) is 15.7. The van der Waals surface area contributed by atoms with Gasteiger partial charge in [0.15, 0.2) is 0 Å². The molecule has 0 amide bonds. The Kier molecular flexibility index (Phi) is 5.33. The predicted molar refractivity (Wildman–Crippen MR) is 99.6 cm³/mol. The van der Waals surface area contributed by atoms with Crippen molar-refractivity contribution in [2.75, 3.05) is 6.61 Å². The number of aryl methyl sites for hydroxylation is 2. The summed E-state index contributed by atoms with van der Waals surface area (Å²) in [5, 5.41) is 0.682. The third-order valence-electron chi connectivity index (χ3n) is 4.55. The molecule has 0 N–H and O–H groups in total. The number of hydrogen-bond donors (Lipinski definition) is 0. The molecule has 132 valence electrons. The summed E-state index contributed by atoms with van der Waals surface area (Å²) in [5.74, 6) is 0.981. The minimum absolute atomic E-state index is 0.290. The maximum Gasteiger partial charge on any atom is 0.338 e. The number of carbonyl (C=O) groups excluding carboxylic acids is 1. The number of hydrogen-bond acceptors (Lipinski definition) is 3. The molecule has 3 rings (SSSR count). The Bertz CT molecular complexity index is 794. The molecule has 1 saturated carbocycles. The summed E-state index contributed by atoms with van der Waals surface area (Å²) in [7, 11) is 0. The molecule has 0 bridgehead atoms. The maximum atomic E-state index is 12.3. The standard InChI is InChI=1S/C21H23ClO3/c1-4-24-21(23)17-7-5-6-16(15-8-9-15)18(17)12-25-20-11-19(22)13(2)10-14(20)3/h5-7,10-11,15H,4,8-9,12H2,1-3H3. The number of rotatable bonds is 6. The summed E-state index contributed by atoms with van der Waals surface area (Å²) in [6.07, 6.45) is 2.32. The first-order valence-electron chi connectivity index (χ1n) is 8.69. The number of carbonyl (C=O) groups is 1. The van der Waals surface area contributed by atoms with Crippen LogP contribution in [0.5, 0.6) is 5.75 Å². The van der Waals surface area contributed by atoms with Gasteiger partial charge in [0.1, 0.15) is 12.4 Å². The molecule has 0 aromatic heterocycles. The van der Waals surface area contributed by atoms with Crippen LogP contribution in [0.15, 0.2) is 30.3 Å². The molecular formula is C21H23ClO3. The van der Waals surface area contributed by atoms with E-state index in [1.54, 1.807) is 0 Å². The molecule has 0 heterocycles. The Morgan fingerprint density at radius 1 is 1.20 bits per heavy atom. The molecule has 0 radical (unpaired) electrons. The first-order valence-corrected chi connectivity index (χ1v) is 9.07. The summed E-state index contributed by atoms with van der Waals surface area (Å²) in [6.45, 7) is 6.48. The average Bonchev–Trinajstić information content (AvgIpc) is 3.42. The van der Waals surface area contributed by atoms with Gasteiger partial charge < -0.3 is 9.47 Å². The van der Waals surface area contributed by atoms with E-state index in [1.807, 2.05) is 45.0 Å². The van der Waals surface area contributed by atoms with Crippen molar-refractivity contribution < 1.29 is 14.3 Å². The van der Waals surface area contributed by atoms with Crippen molar-refractivity contribution in [2.45, 2.75) is 46.1 Å². The Morgan fingerprint density at radius 2 is 1.96 bits per heavy atom. The van der Waals surface area contributed by atoms with Gasteiger partial charge in [0.25, 0.3) is 0 Å². The molecule has 3 nitrogen and oxygen atoms in total. The van der Waals surface area contributed by atoms with Crippen molar-refractivity contribution in [3.05, 3.63) is 63.2 Å².